The Bertz CT molecular complexity index is 1600. The van der Waals surface area contributed by atoms with Gasteiger partial charge in [-0.15, -0.1) is 13.2 Å². The summed E-state index contributed by atoms with van der Waals surface area (Å²) >= 11 is 6.68. The third-order valence-corrected chi connectivity index (χ3v) is 11.1. The van der Waals surface area contributed by atoms with E-state index in [-0.39, 0.29) is 43.8 Å². The minimum Gasteiger partial charge on any atom is -0.455 e. The van der Waals surface area contributed by atoms with Gasteiger partial charge >= 0.3 is 5.97 Å². The number of unbranched alkanes of at least 4 members (excludes halogenated alkanes) is 2. The Balaban J connectivity index is 1.50. The van der Waals surface area contributed by atoms with E-state index in [2.05, 4.69) is 13.2 Å². The molecule has 2 aromatic carbocycles. The molecule has 2 bridgehead atoms. The zero-order chi connectivity index (χ0) is 36.9. The number of carbonyl (C=O) groups excluding carboxylic acids is 4. The molecule has 2 aromatic rings. The molecule has 0 aromatic heterocycles. The van der Waals surface area contributed by atoms with Gasteiger partial charge in [0.25, 0.3) is 5.91 Å². The first kappa shape index (κ1) is 38.2. The predicted octanol–water partition coefficient (Wildman–Crippen LogP) is 5.80. The number of fused-ring (bicyclic) bond motifs is 1. The van der Waals surface area contributed by atoms with E-state index in [1.807, 2.05) is 56.3 Å². The minimum atomic E-state index is -1.25. The topological polar surface area (TPSA) is 117 Å². The smallest absolute Gasteiger partial charge is 0.313 e. The van der Waals surface area contributed by atoms with Gasteiger partial charge in [0.1, 0.15) is 17.7 Å². The molecule has 11 heteroatoms. The fraction of sp³-hybridized carbons (Fsp3) is 0.500. The van der Waals surface area contributed by atoms with Crippen LogP contribution in [-0.2, 0) is 28.7 Å². The van der Waals surface area contributed by atoms with Crippen LogP contribution in [-0.4, -0.2) is 89.1 Å². The number of likely N-dealkylation sites (tertiary alicyclic amines) is 1. The van der Waals surface area contributed by atoms with Crippen LogP contribution >= 0.6 is 11.6 Å². The van der Waals surface area contributed by atoms with Crippen LogP contribution < -0.4 is 4.90 Å². The normalized spacial score (nSPS) is 24.5. The number of amides is 3. The molecule has 10 nitrogen and oxygen atoms in total. The van der Waals surface area contributed by atoms with Crippen molar-refractivity contribution in [1.82, 2.24) is 9.80 Å². The average Bonchev–Trinajstić information content (AvgIpc) is 3.77. The number of para-hydroxylation sites is 1. The number of esters is 1. The van der Waals surface area contributed by atoms with Crippen LogP contribution in [0.25, 0.3) is 0 Å². The van der Waals surface area contributed by atoms with E-state index in [9.17, 15) is 24.3 Å². The zero-order valence-corrected chi connectivity index (χ0v) is 30.6. The molecule has 1 spiro atoms. The summed E-state index contributed by atoms with van der Waals surface area (Å²) in [5, 5.41) is 9.80. The van der Waals surface area contributed by atoms with E-state index in [4.69, 9.17) is 21.1 Å². The highest BCUT2D eigenvalue weighted by atomic mass is 35.5. The second-order valence-electron chi connectivity index (χ2n) is 13.9. The first-order chi connectivity index (χ1) is 24.5. The Morgan fingerprint density at radius 1 is 1.12 bits per heavy atom. The lowest BCUT2D eigenvalue weighted by atomic mass is 9.70. The maximum absolute atomic E-state index is 14.9. The van der Waals surface area contributed by atoms with Crippen LogP contribution in [0.3, 0.4) is 0 Å². The molecule has 0 radical (unpaired) electrons. The lowest BCUT2D eigenvalue weighted by Gasteiger charge is -2.37. The molecule has 1 N–H and O–H groups in total. The molecule has 0 aliphatic carbocycles. The lowest BCUT2D eigenvalue weighted by molar-refractivity contribution is -0.164. The molecule has 3 fully saturated rings. The monoisotopic (exact) mass is 719 g/mol. The first-order valence-electron chi connectivity index (χ1n) is 17.9. The molecule has 7 atom stereocenters. The van der Waals surface area contributed by atoms with Crippen molar-refractivity contribution >= 4 is 41.0 Å². The van der Waals surface area contributed by atoms with Gasteiger partial charge in [0.2, 0.25) is 11.8 Å². The largest absolute Gasteiger partial charge is 0.455 e. The number of nitrogens with zero attached hydrogens (tertiary/aromatic N) is 3. The van der Waals surface area contributed by atoms with Gasteiger partial charge in [-0.3, -0.25) is 19.2 Å². The molecular formula is C40H50ClN3O7. The third kappa shape index (κ3) is 7.36. The zero-order valence-electron chi connectivity index (χ0n) is 29.8. The number of anilines is 1. The summed E-state index contributed by atoms with van der Waals surface area (Å²) in [6.45, 7) is 11.7. The summed E-state index contributed by atoms with van der Waals surface area (Å²) in [6, 6.07) is 13.1. The number of halogens is 1. The third-order valence-electron chi connectivity index (χ3n) is 10.8. The second-order valence-corrected chi connectivity index (χ2v) is 14.3. The molecule has 3 aliphatic rings. The number of allylic oxidation sites excluding steroid dienone is 1. The standard InChI is InChI=1S/C40H50ClN3O7/c1-6-8-20-31(46)42(5)27(4)35(28-17-11-9-12-18-28)50-39(49)32-30-21-22-40(51-30)33(32)37(47)44(24-13-10-14-25-45)36(40)38(48)43(23-7-2)34-26(3)16-15-19-29(34)41/h6-7,9,11-12,15-19,27,30,32-33,35-36,45H,1-2,8,10,13-14,20-25H2,3-5H3/t27-,30-,32+,33+,35+,36-,40+/m0/s1. The molecule has 3 aliphatic heterocycles. The second kappa shape index (κ2) is 16.6. The number of rotatable bonds is 17. The van der Waals surface area contributed by atoms with Crippen molar-refractivity contribution in [2.75, 3.05) is 31.6 Å². The van der Waals surface area contributed by atoms with Gasteiger partial charge < -0.3 is 29.3 Å². The Kier molecular flexibility index (Phi) is 12.4. The Labute approximate surface area is 306 Å². The van der Waals surface area contributed by atoms with Crippen LogP contribution in [0, 0.1) is 18.8 Å². The fourth-order valence-electron chi connectivity index (χ4n) is 8.17. The van der Waals surface area contributed by atoms with E-state index in [0.29, 0.717) is 54.8 Å². The SMILES string of the molecule is C=CCCC(=O)N(C)[C@@H](C)[C@@H](OC(=O)[C@@H]1[C@@H]2CC[C@]3(O2)[C@H](C(=O)N(CC=C)c2c(C)cccc2Cl)N(CCCCCO)C(=O)[C@@H]13)c1ccccc1. The first-order valence-corrected chi connectivity index (χ1v) is 18.3. The summed E-state index contributed by atoms with van der Waals surface area (Å²) in [5.74, 6) is -3.26. The number of likely N-dealkylation sites (N-methyl/N-ethyl adjacent to an activating group) is 1. The number of aryl methyl sites for hydroxylation is 1. The molecule has 274 valence electrons. The molecular weight excluding hydrogens is 670 g/mol. The van der Waals surface area contributed by atoms with Crippen molar-refractivity contribution in [3.63, 3.8) is 0 Å². The molecule has 3 saturated heterocycles. The number of hydrogen-bond donors (Lipinski definition) is 1. The quantitative estimate of drug-likeness (QED) is 0.125. The van der Waals surface area contributed by atoms with Crippen LogP contribution in [0.5, 0.6) is 0 Å². The number of ether oxygens (including phenoxy) is 2. The number of benzene rings is 2. The average molecular weight is 720 g/mol. The molecule has 3 amide bonds. The van der Waals surface area contributed by atoms with Crippen LogP contribution in [0.4, 0.5) is 5.69 Å². The predicted molar refractivity (Wildman–Crippen MR) is 196 cm³/mol. The van der Waals surface area contributed by atoms with Gasteiger partial charge in [-0.2, -0.15) is 0 Å². The molecule has 5 rings (SSSR count). The summed E-state index contributed by atoms with van der Waals surface area (Å²) < 4.78 is 13.0. The summed E-state index contributed by atoms with van der Waals surface area (Å²) in [5.41, 5.74) is 0.788. The minimum absolute atomic E-state index is 0.0243. The maximum atomic E-state index is 14.9. The molecule has 3 heterocycles. The lowest BCUT2D eigenvalue weighted by Crippen LogP contribution is -2.56. The highest BCUT2D eigenvalue weighted by molar-refractivity contribution is 6.34. The van der Waals surface area contributed by atoms with Crippen molar-refractivity contribution in [3.8, 4) is 0 Å². The van der Waals surface area contributed by atoms with Crippen molar-refractivity contribution in [2.45, 2.75) is 88.7 Å². The highest BCUT2D eigenvalue weighted by Gasteiger charge is 2.75. The van der Waals surface area contributed by atoms with Gasteiger partial charge in [-0.05, 0) is 69.6 Å². The van der Waals surface area contributed by atoms with E-state index in [1.165, 1.54) is 0 Å². The maximum Gasteiger partial charge on any atom is 0.313 e. The van der Waals surface area contributed by atoms with Crippen LogP contribution in [0.2, 0.25) is 5.02 Å². The van der Waals surface area contributed by atoms with E-state index >= 15 is 0 Å². The number of carbonyl (C=O) groups is 4. The summed E-state index contributed by atoms with van der Waals surface area (Å²) in [7, 11) is 1.69. The van der Waals surface area contributed by atoms with Crippen LogP contribution in [0.15, 0.2) is 73.8 Å². The highest BCUT2D eigenvalue weighted by Crippen LogP contribution is 2.59. The van der Waals surface area contributed by atoms with Crippen molar-refractivity contribution in [3.05, 3.63) is 90.0 Å². The summed E-state index contributed by atoms with van der Waals surface area (Å²) in [4.78, 5) is 61.7. The van der Waals surface area contributed by atoms with Crippen molar-refractivity contribution in [1.29, 1.82) is 0 Å². The Morgan fingerprint density at radius 3 is 2.53 bits per heavy atom. The summed E-state index contributed by atoms with van der Waals surface area (Å²) in [6.07, 6.45) is 5.35. The fourth-order valence-corrected chi connectivity index (χ4v) is 8.49. The number of aliphatic hydroxyl groups excluding tert-OH is 1. The van der Waals surface area contributed by atoms with Gasteiger partial charge in [0.05, 0.1) is 34.7 Å². The Hall–Kier alpha value is -3.99. The van der Waals surface area contributed by atoms with Crippen LogP contribution in [0.1, 0.15) is 69.1 Å². The molecule has 0 unspecified atom stereocenters. The van der Waals surface area contributed by atoms with Gasteiger partial charge in [0, 0.05) is 33.2 Å². The van der Waals surface area contributed by atoms with E-state index in [1.54, 1.807) is 40.0 Å². The molecule has 0 saturated carbocycles. The van der Waals surface area contributed by atoms with Gasteiger partial charge in [0.15, 0.2) is 0 Å². The Morgan fingerprint density at radius 2 is 1.86 bits per heavy atom. The van der Waals surface area contributed by atoms with Crippen molar-refractivity contribution < 1.29 is 33.8 Å². The number of aliphatic hydroxyl groups is 1. The van der Waals surface area contributed by atoms with E-state index < -0.39 is 47.7 Å². The van der Waals surface area contributed by atoms with Gasteiger partial charge in [-0.25, -0.2) is 0 Å². The number of hydrogen-bond acceptors (Lipinski definition) is 7. The van der Waals surface area contributed by atoms with E-state index in [0.717, 1.165) is 5.56 Å². The van der Waals surface area contributed by atoms with Crippen molar-refractivity contribution in [2.24, 2.45) is 11.8 Å². The molecule has 51 heavy (non-hydrogen) atoms. The van der Waals surface area contributed by atoms with Gasteiger partial charge in [-0.1, -0.05) is 66.2 Å².